The molecule has 3 heterocycles. The molecule has 0 saturated heterocycles. The zero-order valence-electron chi connectivity index (χ0n) is 17.9. The molecule has 1 fully saturated rings. The van der Waals surface area contributed by atoms with E-state index in [9.17, 15) is 0 Å². The SMILES string of the molecule is Cc1cc(C)nc(C2CCC(c3nnc4n3-c3ccc(Cl)cc3CC(C)C4)CC2)n1. The second kappa shape index (κ2) is 7.77. The van der Waals surface area contributed by atoms with Crippen molar-refractivity contribution in [3.05, 3.63) is 63.7 Å². The molecular weight excluding hydrogens is 394 g/mol. The zero-order chi connectivity index (χ0) is 20.8. The van der Waals surface area contributed by atoms with E-state index in [0.717, 1.165) is 72.4 Å². The summed E-state index contributed by atoms with van der Waals surface area (Å²) in [4.78, 5) is 9.44. The Morgan fingerprint density at radius 3 is 2.33 bits per heavy atom. The molecule has 0 bridgehead atoms. The largest absolute Gasteiger partial charge is 0.282 e. The summed E-state index contributed by atoms with van der Waals surface area (Å²) in [5, 5.41) is 10.1. The topological polar surface area (TPSA) is 56.5 Å². The van der Waals surface area contributed by atoms with Crippen molar-refractivity contribution in [2.75, 3.05) is 0 Å². The summed E-state index contributed by atoms with van der Waals surface area (Å²) >= 11 is 6.31. The number of rotatable bonds is 2. The fourth-order valence-electron chi connectivity index (χ4n) is 5.23. The first-order valence-electron chi connectivity index (χ1n) is 11.0. The van der Waals surface area contributed by atoms with Crippen LogP contribution in [-0.4, -0.2) is 24.7 Å². The molecule has 1 atom stereocenters. The number of fused-ring (bicyclic) bond motifs is 3. The number of halogens is 1. The van der Waals surface area contributed by atoms with Crippen molar-refractivity contribution in [3.8, 4) is 5.69 Å². The van der Waals surface area contributed by atoms with E-state index in [0.29, 0.717) is 17.8 Å². The van der Waals surface area contributed by atoms with Gasteiger partial charge in [0.15, 0.2) is 0 Å². The van der Waals surface area contributed by atoms with E-state index in [1.807, 2.05) is 12.1 Å². The highest BCUT2D eigenvalue weighted by atomic mass is 35.5. The van der Waals surface area contributed by atoms with Gasteiger partial charge in [-0.1, -0.05) is 18.5 Å². The van der Waals surface area contributed by atoms with Gasteiger partial charge in [-0.2, -0.15) is 0 Å². The van der Waals surface area contributed by atoms with Gasteiger partial charge in [0.05, 0.1) is 5.69 Å². The second-order valence-corrected chi connectivity index (χ2v) is 9.59. The first kappa shape index (κ1) is 19.7. The molecule has 0 spiro atoms. The number of nitrogens with zero attached hydrogens (tertiary/aromatic N) is 5. The van der Waals surface area contributed by atoms with E-state index in [4.69, 9.17) is 26.7 Å². The Morgan fingerprint density at radius 1 is 0.900 bits per heavy atom. The van der Waals surface area contributed by atoms with Gasteiger partial charge >= 0.3 is 0 Å². The minimum Gasteiger partial charge on any atom is -0.282 e. The third-order valence-electron chi connectivity index (χ3n) is 6.59. The van der Waals surface area contributed by atoms with Crippen LogP contribution in [0.3, 0.4) is 0 Å². The van der Waals surface area contributed by atoms with Crippen molar-refractivity contribution in [3.63, 3.8) is 0 Å². The molecule has 1 saturated carbocycles. The average Bonchev–Trinajstić information content (AvgIpc) is 3.04. The van der Waals surface area contributed by atoms with Crippen LogP contribution in [-0.2, 0) is 12.8 Å². The number of aromatic nitrogens is 5. The maximum Gasteiger partial charge on any atom is 0.140 e. The molecular formula is C24H28ClN5. The third-order valence-corrected chi connectivity index (χ3v) is 6.83. The number of aryl methyl sites for hydroxylation is 2. The van der Waals surface area contributed by atoms with Crippen LogP contribution >= 0.6 is 11.6 Å². The molecule has 2 aromatic heterocycles. The summed E-state index contributed by atoms with van der Waals surface area (Å²) in [6, 6.07) is 8.28. The maximum atomic E-state index is 6.31. The molecule has 0 amide bonds. The molecule has 1 aliphatic heterocycles. The van der Waals surface area contributed by atoms with E-state index in [-0.39, 0.29) is 0 Å². The van der Waals surface area contributed by atoms with Crippen LogP contribution in [0, 0.1) is 19.8 Å². The normalized spacial score (nSPS) is 23.5. The molecule has 6 heteroatoms. The van der Waals surface area contributed by atoms with Gasteiger partial charge in [-0.05, 0) is 81.7 Å². The van der Waals surface area contributed by atoms with Crippen LogP contribution in [0.1, 0.15) is 78.9 Å². The van der Waals surface area contributed by atoms with Gasteiger partial charge < -0.3 is 0 Å². The van der Waals surface area contributed by atoms with Crippen molar-refractivity contribution in [1.82, 2.24) is 24.7 Å². The van der Waals surface area contributed by atoms with Gasteiger partial charge in [0.25, 0.3) is 0 Å². The lowest BCUT2D eigenvalue weighted by molar-refractivity contribution is 0.371. The third kappa shape index (κ3) is 3.64. The smallest absolute Gasteiger partial charge is 0.140 e. The highest BCUT2D eigenvalue weighted by molar-refractivity contribution is 6.30. The van der Waals surface area contributed by atoms with Gasteiger partial charge in [0.2, 0.25) is 0 Å². The lowest BCUT2D eigenvalue weighted by Crippen LogP contribution is -2.18. The standard InChI is InChI=1S/C24H28ClN5/c1-14-10-19-13-20(25)8-9-21(19)30-22(11-14)28-29-24(30)18-6-4-17(5-7-18)23-26-15(2)12-16(3)27-23/h8-9,12-14,17-18H,4-7,10-11H2,1-3H3. The van der Waals surface area contributed by atoms with Crippen LogP contribution in [0.15, 0.2) is 24.3 Å². The Hall–Kier alpha value is -2.27. The van der Waals surface area contributed by atoms with E-state index in [1.54, 1.807) is 0 Å². The zero-order valence-corrected chi connectivity index (χ0v) is 18.7. The maximum absolute atomic E-state index is 6.31. The van der Waals surface area contributed by atoms with Crippen LogP contribution < -0.4 is 0 Å². The molecule has 5 nitrogen and oxygen atoms in total. The van der Waals surface area contributed by atoms with E-state index >= 15 is 0 Å². The van der Waals surface area contributed by atoms with Crippen molar-refractivity contribution >= 4 is 11.6 Å². The van der Waals surface area contributed by atoms with Crippen molar-refractivity contribution in [2.24, 2.45) is 5.92 Å². The summed E-state index contributed by atoms with van der Waals surface area (Å²) in [6.45, 7) is 6.39. The van der Waals surface area contributed by atoms with Crippen LogP contribution in [0.2, 0.25) is 5.02 Å². The Morgan fingerprint density at radius 2 is 1.60 bits per heavy atom. The molecule has 1 unspecified atom stereocenters. The number of hydrogen-bond acceptors (Lipinski definition) is 4. The predicted molar refractivity (Wildman–Crippen MR) is 118 cm³/mol. The van der Waals surface area contributed by atoms with Crippen molar-refractivity contribution in [2.45, 2.75) is 71.1 Å². The summed E-state index contributed by atoms with van der Waals surface area (Å²) in [7, 11) is 0. The molecule has 1 aliphatic carbocycles. The van der Waals surface area contributed by atoms with Crippen molar-refractivity contribution in [1.29, 1.82) is 0 Å². The summed E-state index contributed by atoms with van der Waals surface area (Å²) in [5.74, 6) is 4.60. The predicted octanol–water partition coefficient (Wildman–Crippen LogP) is 5.50. The molecule has 3 aromatic rings. The highest BCUT2D eigenvalue weighted by Gasteiger charge is 2.31. The van der Waals surface area contributed by atoms with Gasteiger partial charge in [0.1, 0.15) is 17.5 Å². The van der Waals surface area contributed by atoms with E-state index in [2.05, 4.69) is 42.6 Å². The Kier molecular flexibility index (Phi) is 5.10. The molecule has 1 aromatic carbocycles. The molecule has 0 N–H and O–H groups in total. The summed E-state index contributed by atoms with van der Waals surface area (Å²) in [5.41, 5.74) is 4.63. The van der Waals surface area contributed by atoms with E-state index < -0.39 is 0 Å². The van der Waals surface area contributed by atoms with Gasteiger partial charge in [0, 0.05) is 34.7 Å². The summed E-state index contributed by atoms with van der Waals surface area (Å²) in [6.07, 6.45) is 6.36. The Bertz CT molecular complexity index is 1060. The molecule has 5 rings (SSSR count). The molecule has 2 aliphatic rings. The number of hydrogen-bond donors (Lipinski definition) is 0. The van der Waals surface area contributed by atoms with Gasteiger partial charge in [-0.3, -0.25) is 4.57 Å². The fraction of sp³-hybridized carbons (Fsp3) is 0.500. The first-order chi connectivity index (χ1) is 14.5. The fourth-order valence-corrected chi connectivity index (χ4v) is 5.42. The second-order valence-electron chi connectivity index (χ2n) is 9.15. The monoisotopic (exact) mass is 421 g/mol. The van der Waals surface area contributed by atoms with Crippen LogP contribution in [0.25, 0.3) is 5.69 Å². The lowest BCUT2D eigenvalue weighted by atomic mass is 9.81. The van der Waals surface area contributed by atoms with Gasteiger partial charge in [-0.25, -0.2) is 9.97 Å². The minimum atomic E-state index is 0.422. The first-order valence-corrected chi connectivity index (χ1v) is 11.4. The Balaban J connectivity index is 1.43. The molecule has 30 heavy (non-hydrogen) atoms. The molecule has 156 valence electrons. The quantitative estimate of drug-likeness (QED) is 0.547. The highest BCUT2D eigenvalue weighted by Crippen LogP contribution is 2.41. The number of benzene rings is 1. The molecule has 0 radical (unpaired) electrons. The lowest BCUT2D eigenvalue weighted by Gasteiger charge is -2.28. The van der Waals surface area contributed by atoms with Crippen molar-refractivity contribution < 1.29 is 0 Å². The van der Waals surface area contributed by atoms with Gasteiger partial charge in [-0.15, -0.1) is 10.2 Å². The average molecular weight is 422 g/mol. The Labute approximate surface area is 182 Å². The van der Waals surface area contributed by atoms with Crippen LogP contribution in [0.4, 0.5) is 0 Å². The van der Waals surface area contributed by atoms with Crippen LogP contribution in [0.5, 0.6) is 0 Å². The van der Waals surface area contributed by atoms with E-state index in [1.165, 1.54) is 11.3 Å². The minimum absolute atomic E-state index is 0.422. The summed E-state index contributed by atoms with van der Waals surface area (Å²) < 4.78 is 2.33.